The molecule has 342 valence electrons. The molecule has 0 aromatic carbocycles. The number of rotatable bonds is 13. The molecule has 0 aromatic heterocycles. The first-order chi connectivity index (χ1) is 28.5. The number of carbonyl (C=O) groups excluding carboxylic acids is 2. The van der Waals surface area contributed by atoms with Crippen LogP contribution in [0.5, 0.6) is 0 Å². The van der Waals surface area contributed by atoms with Crippen LogP contribution in [-0.4, -0.2) is 198 Å². The second-order valence-corrected chi connectivity index (χ2v) is 17.1. The largest absolute Gasteiger partial charge is 0.481 e. The van der Waals surface area contributed by atoms with E-state index >= 15 is 0 Å². The van der Waals surface area contributed by atoms with E-state index in [1.165, 1.54) is 6.08 Å². The maximum atomic E-state index is 12.5. The number of fused-ring (bicyclic) bond motifs is 1. The predicted octanol–water partition coefficient (Wildman–Crippen LogP) is -3.51. The van der Waals surface area contributed by atoms with Gasteiger partial charge in [0, 0.05) is 24.8 Å². The molecule has 0 amide bonds. The highest BCUT2D eigenvalue weighted by Crippen LogP contribution is 2.44. The second-order valence-electron chi connectivity index (χ2n) is 17.1. The Kier molecular flexibility index (Phi) is 16.3. The average molecular weight is 865 g/mol. The third-order valence-electron chi connectivity index (χ3n) is 12.8. The summed E-state index contributed by atoms with van der Waals surface area (Å²) in [6.45, 7) is -1.16. The van der Waals surface area contributed by atoms with Gasteiger partial charge in [-0.2, -0.15) is 0 Å². The van der Waals surface area contributed by atoms with Gasteiger partial charge in [0.1, 0.15) is 68.5 Å². The van der Waals surface area contributed by atoms with Crippen LogP contribution < -0.4 is 0 Å². The Morgan fingerprint density at radius 3 is 1.83 bits per heavy atom. The summed E-state index contributed by atoms with van der Waals surface area (Å²) in [5.74, 6) is -4.20. The molecule has 60 heavy (non-hydrogen) atoms. The Morgan fingerprint density at radius 2 is 1.22 bits per heavy atom. The molecule has 3 saturated heterocycles. The Hall–Kier alpha value is -2.45. The van der Waals surface area contributed by atoms with E-state index < -0.39 is 154 Å². The molecule has 19 atom stereocenters. The number of ether oxygens (including phenoxy) is 7. The van der Waals surface area contributed by atoms with Crippen LogP contribution in [0.4, 0.5) is 0 Å². The van der Waals surface area contributed by atoms with Crippen LogP contribution >= 0.6 is 0 Å². The van der Waals surface area contributed by atoms with Crippen molar-refractivity contribution in [2.45, 2.75) is 181 Å². The summed E-state index contributed by atoms with van der Waals surface area (Å²) in [5, 5.41) is 114. The molecule has 0 aromatic rings. The van der Waals surface area contributed by atoms with E-state index in [1.807, 2.05) is 0 Å². The molecule has 0 radical (unpaired) electrons. The van der Waals surface area contributed by atoms with Gasteiger partial charge in [-0.25, -0.2) is 4.79 Å². The van der Waals surface area contributed by atoms with Crippen LogP contribution in [0.1, 0.15) is 70.6 Å². The summed E-state index contributed by atoms with van der Waals surface area (Å²) >= 11 is 0. The van der Waals surface area contributed by atoms with Crippen molar-refractivity contribution in [1.82, 2.24) is 0 Å². The zero-order chi connectivity index (χ0) is 43.4. The monoisotopic (exact) mass is 864 g/mol. The number of aliphatic hydroxyl groups is 10. The summed E-state index contributed by atoms with van der Waals surface area (Å²) in [5.41, 5.74) is 0. The smallest absolute Gasteiger partial charge is 0.330 e. The van der Waals surface area contributed by atoms with Crippen molar-refractivity contribution in [3.63, 3.8) is 0 Å². The Balaban J connectivity index is 1.08. The van der Waals surface area contributed by atoms with E-state index in [-0.39, 0.29) is 37.5 Å². The number of hydrogen-bond acceptors (Lipinski definition) is 20. The lowest BCUT2D eigenvalue weighted by molar-refractivity contribution is -0.338. The molecule has 11 N–H and O–H groups in total. The van der Waals surface area contributed by atoms with Gasteiger partial charge in [-0.15, -0.1) is 0 Å². The third-order valence-corrected chi connectivity index (χ3v) is 12.8. The summed E-state index contributed by atoms with van der Waals surface area (Å²) in [6, 6.07) is 0. The maximum absolute atomic E-state index is 12.5. The minimum Gasteiger partial charge on any atom is -0.481 e. The van der Waals surface area contributed by atoms with Crippen LogP contribution in [0.3, 0.4) is 0 Å². The van der Waals surface area contributed by atoms with Gasteiger partial charge in [-0.3, -0.25) is 9.59 Å². The minimum atomic E-state index is -1.80. The molecule has 3 aliphatic heterocycles. The fraction of sp³-hybridized carbons (Fsp3) is 0.872. The standard InChI is InChI=1S/C39H60O21/c40-18-5-3-17(4-6-18)37-25(58-39-36(53)34(51)32(49)27(60-39)15-55-30(47)13-28(44)45)12-20-22(42)10-19(11-24(20)57-37)56-38-35(52)33(50)31(48)26(59-38)14-54-29(46)8-2-16-1-7-21(41)23(43)9-16/h2,8,16-27,31-43,48-53H,1,3-7,9-15H2,(H,44,45)/t16?,17?,18?,19?,20?,21?,22?,23?,24?,25?,26-,27-,31-,32-,33+,34+,35-,36-,37?,38-,39-/m1/s1. The van der Waals surface area contributed by atoms with E-state index in [9.17, 15) is 65.4 Å². The van der Waals surface area contributed by atoms with E-state index in [4.69, 9.17) is 38.3 Å². The van der Waals surface area contributed by atoms with Gasteiger partial charge in [0.15, 0.2) is 12.6 Å². The molecule has 9 unspecified atom stereocenters. The molecule has 6 fully saturated rings. The van der Waals surface area contributed by atoms with E-state index in [2.05, 4.69) is 0 Å². The fourth-order valence-electron chi connectivity index (χ4n) is 9.28. The topological polar surface area (TPSA) is 338 Å². The summed E-state index contributed by atoms with van der Waals surface area (Å²) in [4.78, 5) is 35.2. The number of carboxylic acids is 1. The Labute approximate surface area is 345 Å². The third kappa shape index (κ3) is 11.6. The van der Waals surface area contributed by atoms with Crippen LogP contribution in [0, 0.1) is 17.8 Å². The van der Waals surface area contributed by atoms with Crippen LogP contribution in [0.2, 0.25) is 0 Å². The normalized spacial score (nSPS) is 46.3. The Morgan fingerprint density at radius 1 is 0.600 bits per heavy atom. The molecular formula is C39H60O21. The minimum absolute atomic E-state index is 0.0113. The molecule has 3 aliphatic carbocycles. The molecule has 21 nitrogen and oxygen atoms in total. The highest BCUT2D eigenvalue weighted by molar-refractivity contribution is 5.90. The fourth-order valence-corrected chi connectivity index (χ4v) is 9.28. The number of carboxylic acid groups (broad SMARTS) is 1. The predicted molar refractivity (Wildman–Crippen MR) is 196 cm³/mol. The number of esters is 2. The lowest BCUT2D eigenvalue weighted by atomic mass is 9.73. The van der Waals surface area contributed by atoms with Gasteiger partial charge in [0.25, 0.3) is 0 Å². The summed E-state index contributed by atoms with van der Waals surface area (Å²) < 4.78 is 40.7. The van der Waals surface area contributed by atoms with Crippen LogP contribution in [0.15, 0.2) is 12.2 Å². The number of aliphatic hydroxyl groups excluding tert-OH is 10. The van der Waals surface area contributed by atoms with Gasteiger partial charge in [0.2, 0.25) is 0 Å². The Bertz CT molecular complexity index is 1460. The first-order valence-electron chi connectivity index (χ1n) is 20.8. The van der Waals surface area contributed by atoms with Crippen molar-refractivity contribution in [1.29, 1.82) is 0 Å². The number of allylic oxidation sites excluding steroid dienone is 1. The van der Waals surface area contributed by atoms with Gasteiger partial charge in [-0.1, -0.05) is 6.08 Å². The number of aliphatic carboxylic acids is 1. The van der Waals surface area contributed by atoms with Crippen molar-refractivity contribution in [3.8, 4) is 0 Å². The molecule has 3 heterocycles. The lowest BCUT2D eigenvalue weighted by Gasteiger charge is -2.51. The average Bonchev–Trinajstić information content (AvgIpc) is 3.20. The number of carbonyl (C=O) groups is 3. The summed E-state index contributed by atoms with van der Waals surface area (Å²) in [7, 11) is 0. The molecule has 0 bridgehead atoms. The molecular weight excluding hydrogens is 804 g/mol. The first kappa shape index (κ1) is 47.0. The molecule has 0 spiro atoms. The number of hydrogen-bond donors (Lipinski definition) is 11. The zero-order valence-corrected chi connectivity index (χ0v) is 33.0. The zero-order valence-electron chi connectivity index (χ0n) is 33.0. The van der Waals surface area contributed by atoms with Crippen molar-refractivity contribution in [2.24, 2.45) is 17.8 Å². The van der Waals surface area contributed by atoms with Gasteiger partial charge >= 0.3 is 17.9 Å². The molecule has 6 aliphatic rings. The quantitative estimate of drug-likeness (QED) is 0.0486. The van der Waals surface area contributed by atoms with Crippen molar-refractivity contribution < 1.29 is 104 Å². The van der Waals surface area contributed by atoms with Crippen LogP contribution in [-0.2, 0) is 47.5 Å². The highest BCUT2D eigenvalue weighted by atomic mass is 16.7. The van der Waals surface area contributed by atoms with E-state index in [0.717, 1.165) is 0 Å². The van der Waals surface area contributed by atoms with Crippen molar-refractivity contribution >= 4 is 17.9 Å². The first-order valence-corrected chi connectivity index (χ1v) is 20.8. The van der Waals surface area contributed by atoms with E-state index in [0.29, 0.717) is 38.5 Å². The van der Waals surface area contributed by atoms with Crippen LogP contribution in [0.25, 0.3) is 0 Å². The van der Waals surface area contributed by atoms with Crippen molar-refractivity contribution in [3.05, 3.63) is 12.2 Å². The summed E-state index contributed by atoms with van der Waals surface area (Å²) in [6.07, 6.45) is -17.1. The van der Waals surface area contributed by atoms with Gasteiger partial charge in [0.05, 0.1) is 48.8 Å². The van der Waals surface area contributed by atoms with Gasteiger partial charge < -0.3 is 89.3 Å². The lowest BCUT2D eigenvalue weighted by Crippen LogP contribution is -2.62. The second kappa shape index (κ2) is 20.8. The maximum Gasteiger partial charge on any atom is 0.330 e. The highest BCUT2D eigenvalue weighted by Gasteiger charge is 2.53. The molecule has 21 heteroatoms. The van der Waals surface area contributed by atoms with Crippen molar-refractivity contribution in [2.75, 3.05) is 13.2 Å². The molecule has 3 saturated carbocycles. The van der Waals surface area contributed by atoms with E-state index in [1.54, 1.807) is 6.08 Å². The molecule has 6 rings (SSSR count). The van der Waals surface area contributed by atoms with Gasteiger partial charge in [-0.05, 0) is 63.2 Å². The SMILES string of the molecule is O=C(O)CC(=O)OC[C@H]1O[C@@H](OC2CC3C(O)CC(O[C@@H]4O[C@H](COC(=O)C=CC5CCC(O)C(O)C5)[C@@H](O)[C@H](O)[C@H]4O)CC3OC2C2CCC(O)CC2)[C@H](O)[C@@H](O)[C@@H]1O.